The molecule has 0 aliphatic carbocycles. The van der Waals surface area contributed by atoms with Crippen molar-refractivity contribution < 1.29 is 14.3 Å². The summed E-state index contributed by atoms with van der Waals surface area (Å²) in [6.07, 6.45) is 1.65. The molecular formula is C27H32N2O3. The quantitative estimate of drug-likeness (QED) is 0.509. The highest BCUT2D eigenvalue weighted by molar-refractivity contribution is 5.97. The molecule has 1 aliphatic heterocycles. The lowest BCUT2D eigenvalue weighted by molar-refractivity contribution is 0.0236. The Morgan fingerprint density at radius 2 is 1.72 bits per heavy atom. The number of carbonyl (C=O) groups is 1. The molecule has 1 heterocycles. The molecule has 5 nitrogen and oxygen atoms in total. The van der Waals surface area contributed by atoms with E-state index in [9.17, 15) is 4.79 Å². The molecule has 0 bridgehead atoms. The molecule has 0 saturated carbocycles. The minimum absolute atomic E-state index is 0.00212. The first kappa shape index (κ1) is 22.2. The van der Waals surface area contributed by atoms with Crippen LogP contribution in [0.15, 0.2) is 54.6 Å². The van der Waals surface area contributed by atoms with Gasteiger partial charge in [0.1, 0.15) is 0 Å². The second kappa shape index (κ2) is 9.21. The van der Waals surface area contributed by atoms with Gasteiger partial charge in [0.2, 0.25) is 0 Å². The van der Waals surface area contributed by atoms with Gasteiger partial charge in [0.05, 0.1) is 20.4 Å². The molecule has 1 aliphatic rings. The molecule has 1 amide bonds. The van der Waals surface area contributed by atoms with E-state index < -0.39 is 0 Å². The maximum atomic E-state index is 13.6. The van der Waals surface area contributed by atoms with Crippen LogP contribution in [0.1, 0.15) is 47.8 Å². The zero-order valence-electron chi connectivity index (χ0n) is 19.6. The van der Waals surface area contributed by atoms with E-state index >= 15 is 0 Å². The Morgan fingerprint density at radius 1 is 1.03 bits per heavy atom. The SMILES string of the molecule is CCC(N1CCc2cc(OC)c(OC)cc2C1=O)N(C)C(C)c1cccc2ccccc12. The number of methoxy groups -OCH3 is 2. The second-order valence-electron chi connectivity index (χ2n) is 8.41. The summed E-state index contributed by atoms with van der Waals surface area (Å²) in [4.78, 5) is 17.9. The number of benzene rings is 3. The molecule has 0 N–H and O–H groups in total. The predicted octanol–water partition coefficient (Wildman–Crippen LogP) is 5.28. The fourth-order valence-corrected chi connectivity index (χ4v) is 4.93. The summed E-state index contributed by atoms with van der Waals surface area (Å²) >= 11 is 0. The first-order valence-corrected chi connectivity index (χ1v) is 11.3. The summed E-state index contributed by atoms with van der Waals surface area (Å²) in [6.45, 7) is 5.06. The van der Waals surface area contributed by atoms with Gasteiger partial charge >= 0.3 is 0 Å². The number of fused-ring (bicyclic) bond motifs is 2. The van der Waals surface area contributed by atoms with Crippen LogP contribution in [-0.2, 0) is 6.42 Å². The van der Waals surface area contributed by atoms with E-state index in [1.54, 1.807) is 14.2 Å². The van der Waals surface area contributed by atoms with E-state index in [4.69, 9.17) is 9.47 Å². The highest BCUT2D eigenvalue weighted by Crippen LogP contribution is 2.35. The van der Waals surface area contributed by atoms with Crippen molar-refractivity contribution in [2.45, 2.75) is 38.9 Å². The Morgan fingerprint density at radius 3 is 2.44 bits per heavy atom. The third-order valence-corrected chi connectivity index (χ3v) is 6.80. The molecular weight excluding hydrogens is 400 g/mol. The number of carbonyl (C=O) groups excluding carboxylic acids is 1. The molecule has 32 heavy (non-hydrogen) atoms. The zero-order valence-corrected chi connectivity index (χ0v) is 19.6. The minimum Gasteiger partial charge on any atom is -0.493 e. The maximum absolute atomic E-state index is 13.6. The van der Waals surface area contributed by atoms with Crippen molar-refractivity contribution in [3.8, 4) is 11.5 Å². The molecule has 5 heteroatoms. The van der Waals surface area contributed by atoms with E-state index in [0.29, 0.717) is 23.6 Å². The molecule has 0 saturated heterocycles. The zero-order chi connectivity index (χ0) is 22.8. The topological polar surface area (TPSA) is 42.0 Å². The first-order valence-electron chi connectivity index (χ1n) is 11.3. The van der Waals surface area contributed by atoms with Crippen molar-refractivity contribution in [2.24, 2.45) is 0 Å². The van der Waals surface area contributed by atoms with Crippen LogP contribution >= 0.6 is 0 Å². The molecule has 2 atom stereocenters. The maximum Gasteiger partial charge on any atom is 0.255 e. The van der Waals surface area contributed by atoms with Crippen LogP contribution in [0.4, 0.5) is 0 Å². The summed E-state index contributed by atoms with van der Waals surface area (Å²) in [5.74, 6) is 1.31. The lowest BCUT2D eigenvalue weighted by atomic mass is 9.96. The van der Waals surface area contributed by atoms with E-state index in [1.807, 2.05) is 17.0 Å². The van der Waals surface area contributed by atoms with Crippen LogP contribution < -0.4 is 9.47 Å². The van der Waals surface area contributed by atoms with Gasteiger partial charge in [-0.2, -0.15) is 0 Å². The Kier molecular flexibility index (Phi) is 6.38. The van der Waals surface area contributed by atoms with Crippen molar-refractivity contribution in [2.75, 3.05) is 27.8 Å². The van der Waals surface area contributed by atoms with Crippen molar-refractivity contribution in [3.05, 3.63) is 71.3 Å². The lowest BCUT2D eigenvalue weighted by Crippen LogP contribution is -2.52. The molecule has 3 aromatic rings. The third-order valence-electron chi connectivity index (χ3n) is 6.80. The third kappa shape index (κ3) is 3.82. The highest BCUT2D eigenvalue weighted by Gasteiger charge is 2.34. The van der Waals surface area contributed by atoms with Gasteiger partial charge in [-0.3, -0.25) is 9.69 Å². The molecule has 2 unspecified atom stereocenters. The monoisotopic (exact) mass is 432 g/mol. The number of ether oxygens (including phenoxy) is 2. The van der Waals surface area contributed by atoms with E-state index in [0.717, 1.165) is 18.4 Å². The van der Waals surface area contributed by atoms with Gasteiger partial charge in [0.25, 0.3) is 5.91 Å². The Hall–Kier alpha value is -3.05. The summed E-state index contributed by atoms with van der Waals surface area (Å²) in [5.41, 5.74) is 3.00. The summed E-state index contributed by atoms with van der Waals surface area (Å²) in [7, 11) is 5.35. The van der Waals surface area contributed by atoms with Gasteiger partial charge in [-0.15, -0.1) is 0 Å². The van der Waals surface area contributed by atoms with Gasteiger partial charge < -0.3 is 14.4 Å². The number of amides is 1. The number of nitrogens with zero attached hydrogens (tertiary/aromatic N) is 2. The van der Waals surface area contributed by atoms with E-state index in [1.165, 1.54) is 16.3 Å². The van der Waals surface area contributed by atoms with Crippen LogP contribution in [0.5, 0.6) is 11.5 Å². The van der Waals surface area contributed by atoms with Crippen molar-refractivity contribution >= 4 is 16.7 Å². The Balaban J connectivity index is 1.64. The summed E-state index contributed by atoms with van der Waals surface area (Å²) in [6, 6.07) is 18.9. The standard InChI is InChI=1S/C27H32N2O3/c1-6-26(28(3)18(2)21-13-9-11-19-10-7-8-12-22(19)21)29-15-14-20-16-24(31-4)25(32-5)17-23(20)27(29)30/h7-13,16-18,26H,6,14-15H2,1-5H3. The van der Waals surface area contributed by atoms with Gasteiger partial charge in [0, 0.05) is 18.2 Å². The molecule has 4 rings (SSSR count). The second-order valence-corrected chi connectivity index (χ2v) is 8.41. The van der Waals surface area contributed by atoms with Crippen molar-refractivity contribution in [1.29, 1.82) is 0 Å². The first-order chi connectivity index (χ1) is 15.5. The summed E-state index contributed by atoms with van der Waals surface area (Å²) < 4.78 is 10.9. The fraction of sp³-hybridized carbons (Fsp3) is 0.370. The average Bonchev–Trinajstić information content (AvgIpc) is 2.84. The minimum atomic E-state index is -0.00212. The van der Waals surface area contributed by atoms with Crippen LogP contribution in [0, 0.1) is 0 Å². The Labute approximate surface area is 190 Å². The predicted molar refractivity (Wildman–Crippen MR) is 128 cm³/mol. The van der Waals surface area contributed by atoms with E-state index in [2.05, 4.69) is 68.3 Å². The number of hydrogen-bond donors (Lipinski definition) is 0. The van der Waals surface area contributed by atoms with Gasteiger partial charge in [-0.1, -0.05) is 49.4 Å². The van der Waals surface area contributed by atoms with Crippen molar-refractivity contribution in [3.63, 3.8) is 0 Å². The molecule has 0 radical (unpaired) electrons. The van der Waals surface area contributed by atoms with Crippen molar-refractivity contribution in [1.82, 2.24) is 9.80 Å². The van der Waals surface area contributed by atoms with Gasteiger partial charge in [-0.25, -0.2) is 0 Å². The normalized spacial score (nSPS) is 15.6. The largest absolute Gasteiger partial charge is 0.493 e. The summed E-state index contributed by atoms with van der Waals surface area (Å²) in [5, 5.41) is 2.50. The van der Waals surface area contributed by atoms with Gasteiger partial charge in [0.15, 0.2) is 11.5 Å². The van der Waals surface area contributed by atoms with Crippen LogP contribution in [0.25, 0.3) is 10.8 Å². The smallest absolute Gasteiger partial charge is 0.255 e. The van der Waals surface area contributed by atoms with Crippen LogP contribution in [-0.4, -0.2) is 49.7 Å². The van der Waals surface area contributed by atoms with Crippen LogP contribution in [0.3, 0.4) is 0 Å². The average molecular weight is 433 g/mol. The molecule has 168 valence electrons. The fourth-order valence-electron chi connectivity index (χ4n) is 4.93. The molecule has 0 aromatic heterocycles. The van der Waals surface area contributed by atoms with Gasteiger partial charge in [-0.05, 0) is 60.8 Å². The van der Waals surface area contributed by atoms with E-state index in [-0.39, 0.29) is 18.1 Å². The highest BCUT2D eigenvalue weighted by atomic mass is 16.5. The molecule has 0 fully saturated rings. The lowest BCUT2D eigenvalue weighted by Gasteiger charge is -2.42. The number of rotatable bonds is 7. The number of hydrogen-bond acceptors (Lipinski definition) is 4. The van der Waals surface area contributed by atoms with Crippen LogP contribution in [0.2, 0.25) is 0 Å². The molecule has 0 spiro atoms. The molecule has 3 aromatic carbocycles. The Bertz CT molecular complexity index is 1120.